The van der Waals surface area contributed by atoms with E-state index in [1.165, 1.54) is 0 Å². The van der Waals surface area contributed by atoms with Crippen LogP contribution in [0.2, 0.25) is 0 Å². The number of nitrogens with one attached hydrogen (secondary N) is 3. The topological polar surface area (TPSA) is 127 Å². The molecular weight excluding hydrogens is 522 g/mol. The van der Waals surface area contributed by atoms with Crippen LogP contribution in [0.5, 0.6) is 5.75 Å². The van der Waals surface area contributed by atoms with Gasteiger partial charge >= 0.3 is 0 Å². The minimum Gasteiger partial charge on any atom is -0.491 e. The Morgan fingerprint density at radius 1 is 1.02 bits per heavy atom. The molecule has 1 aliphatic rings. The summed E-state index contributed by atoms with van der Waals surface area (Å²) >= 11 is 0. The van der Waals surface area contributed by atoms with Gasteiger partial charge in [-0.15, -0.1) is 0 Å². The van der Waals surface area contributed by atoms with Crippen LogP contribution >= 0.6 is 0 Å². The Morgan fingerprint density at radius 2 is 1.93 bits per heavy atom. The number of nitrogens with zero attached hydrogens (tertiary/aromatic N) is 4. The molecule has 0 radical (unpaired) electrons. The van der Waals surface area contributed by atoms with Crippen molar-refractivity contribution in [1.29, 1.82) is 0 Å². The molecule has 41 heavy (non-hydrogen) atoms. The molecule has 0 unspecified atom stereocenters. The monoisotopic (exact) mass is 553 g/mol. The van der Waals surface area contributed by atoms with Gasteiger partial charge in [-0.05, 0) is 48.5 Å². The van der Waals surface area contributed by atoms with Crippen LogP contribution < -0.4 is 15.4 Å². The summed E-state index contributed by atoms with van der Waals surface area (Å²) < 4.78 is 16.3. The van der Waals surface area contributed by atoms with Gasteiger partial charge in [0.1, 0.15) is 18.2 Å². The number of methoxy groups -OCH3 is 1. The maximum absolute atomic E-state index is 12.7. The molecule has 6 rings (SSSR count). The number of ether oxygens (including phenoxy) is 3. The van der Waals surface area contributed by atoms with Crippen molar-refractivity contribution < 1.29 is 19.0 Å². The van der Waals surface area contributed by atoms with Crippen LogP contribution in [0.15, 0.2) is 66.9 Å². The number of hydrogen-bond acceptors (Lipinski definition) is 9. The summed E-state index contributed by atoms with van der Waals surface area (Å²) in [5.41, 5.74) is 4.03. The van der Waals surface area contributed by atoms with E-state index < -0.39 is 0 Å². The number of rotatable bonds is 10. The molecule has 0 saturated carbocycles. The molecule has 11 nitrogen and oxygen atoms in total. The van der Waals surface area contributed by atoms with Gasteiger partial charge < -0.3 is 24.8 Å². The standard InChI is InChI=1S/C30H31N7O4/c1-39-13-14-41-24-6-8-27-25(17-24)30(33-23-5-7-26-21(16-23)18-31-36-26)35-29(34-27)20-3-2-4-22(15-20)32-28(38)19-37-9-11-40-12-10-37/h2-8,15-18H,9-14,19H2,1H3,(H,31,36)(H,32,38)(H,33,34,35). The Hall–Kier alpha value is -4.58. The molecule has 3 aromatic carbocycles. The van der Waals surface area contributed by atoms with Gasteiger partial charge in [0.15, 0.2) is 5.82 Å². The lowest BCUT2D eigenvalue weighted by molar-refractivity contribution is -0.118. The summed E-state index contributed by atoms with van der Waals surface area (Å²) in [5.74, 6) is 1.79. The number of aromatic amines is 1. The van der Waals surface area contributed by atoms with E-state index in [1.54, 1.807) is 13.3 Å². The van der Waals surface area contributed by atoms with Crippen molar-refractivity contribution in [1.82, 2.24) is 25.1 Å². The first kappa shape index (κ1) is 26.6. The predicted molar refractivity (Wildman–Crippen MR) is 158 cm³/mol. The predicted octanol–water partition coefficient (Wildman–Crippen LogP) is 4.21. The number of fused-ring (bicyclic) bond motifs is 2. The van der Waals surface area contributed by atoms with E-state index in [2.05, 4.69) is 25.7 Å². The second kappa shape index (κ2) is 12.3. The SMILES string of the molecule is COCCOc1ccc2nc(-c3cccc(NC(=O)CN4CCOCC4)c3)nc(Nc3ccc4[nH]ncc4c3)c2c1. The third-order valence-electron chi connectivity index (χ3n) is 6.80. The van der Waals surface area contributed by atoms with Gasteiger partial charge in [-0.3, -0.25) is 14.8 Å². The summed E-state index contributed by atoms with van der Waals surface area (Å²) in [6.45, 7) is 4.05. The highest BCUT2D eigenvalue weighted by atomic mass is 16.5. The molecule has 3 N–H and O–H groups in total. The fraction of sp³-hybridized carbons (Fsp3) is 0.267. The first-order chi connectivity index (χ1) is 20.1. The van der Waals surface area contributed by atoms with E-state index in [-0.39, 0.29) is 5.91 Å². The zero-order valence-electron chi connectivity index (χ0n) is 22.7. The lowest BCUT2D eigenvalue weighted by Gasteiger charge is -2.25. The van der Waals surface area contributed by atoms with Gasteiger partial charge in [0.2, 0.25) is 5.91 Å². The number of anilines is 3. The van der Waals surface area contributed by atoms with Crippen molar-refractivity contribution >= 4 is 44.9 Å². The Bertz CT molecular complexity index is 1670. The maximum Gasteiger partial charge on any atom is 0.238 e. The molecule has 5 aromatic rings. The molecule has 2 aromatic heterocycles. The Morgan fingerprint density at radius 3 is 2.80 bits per heavy atom. The third kappa shape index (κ3) is 6.43. The van der Waals surface area contributed by atoms with Crippen molar-refractivity contribution in [2.45, 2.75) is 0 Å². The lowest BCUT2D eigenvalue weighted by atomic mass is 10.1. The number of benzene rings is 3. The lowest BCUT2D eigenvalue weighted by Crippen LogP contribution is -2.41. The second-order valence-corrected chi connectivity index (χ2v) is 9.73. The van der Waals surface area contributed by atoms with Gasteiger partial charge in [0.05, 0.1) is 43.6 Å². The van der Waals surface area contributed by atoms with Gasteiger partial charge in [0.25, 0.3) is 0 Å². The fourth-order valence-corrected chi connectivity index (χ4v) is 4.72. The van der Waals surface area contributed by atoms with Crippen molar-refractivity contribution in [3.05, 3.63) is 66.9 Å². The molecule has 0 aliphatic carbocycles. The molecule has 1 fully saturated rings. The van der Waals surface area contributed by atoms with Crippen LogP contribution in [-0.2, 0) is 14.3 Å². The number of carbonyl (C=O) groups excluding carboxylic acids is 1. The fourth-order valence-electron chi connectivity index (χ4n) is 4.72. The molecule has 3 heterocycles. The van der Waals surface area contributed by atoms with E-state index in [4.69, 9.17) is 24.2 Å². The van der Waals surface area contributed by atoms with Crippen LogP contribution in [0.1, 0.15) is 0 Å². The number of carbonyl (C=O) groups is 1. The minimum atomic E-state index is -0.0681. The first-order valence-electron chi connectivity index (χ1n) is 13.5. The average molecular weight is 554 g/mol. The summed E-state index contributed by atoms with van der Waals surface area (Å²) in [7, 11) is 1.64. The van der Waals surface area contributed by atoms with E-state index in [0.29, 0.717) is 56.1 Å². The zero-order chi connectivity index (χ0) is 28.0. The number of amides is 1. The molecule has 1 aliphatic heterocycles. The Labute approximate surface area is 236 Å². The number of hydrogen-bond donors (Lipinski definition) is 3. The zero-order valence-corrected chi connectivity index (χ0v) is 22.7. The van der Waals surface area contributed by atoms with Crippen LogP contribution in [0, 0.1) is 0 Å². The summed E-state index contributed by atoms with van der Waals surface area (Å²) in [4.78, 5) is 24.6. The molecule has 1 saturated heterocycles. The highest BCUT2D eigenvalue weighted by Gasteiger charge is 2.16. The number of aromatic nitrogens is 4. The largest absolute Gasteiger partial charge is 0.491 e. The highest BCUT2D eigenvalue weighted by Crippen LogP contribution is 2.31. The summed E-state index contributed by atoms with van der Waals surface area (Å²) in [5, 5.41) is 15.4. The molecular formula is C30H31N7O4. The van der Waals surface area contributed by atoms with E-state index >= 15 is 0 Å². The second-order valence-electron chi connectivity index (χ2n) is 9.73. The van der Waals surface area contributed by atoms with Crippen molar-refractivity contribution in [3.8, 4) is 17.1 Å². The van der Waals surface area contributed by atoms with Gasteiger partial charge in [-0.2, -0.15) is 5.10 Å². The summed E-state index contributed by atoms with van der Waals surface area (Å²) in [6, 6.07) is 19.3. The van der Waals surface area contributed by atoms with Gasteiger partial charge in [-0.25, -0.2) is 9.97 Å². The Kier molecular flexibility index (Phi) is 7.99. The van der Waals surface area contributed by atoms with Crippen LogP contribution in [-0.4, -0.2) is 84.1 Å². The maximum atomic E-state index is 12.7. The molecule has 11 heteroatoms. The van der Waals surface area contributed by atoms with Crippen LogP contribution in [0.25, 0.3) is 33.2 Å². The first-order valence-corrected chi connectivity index (χ1v) is 13.5. The normalized spacial score (nSPS) is 13.9. The van der Waals surface area contributed by atoms with Crippen LogP contribution in [0.4, 0.5) is 17.2 Å². The minimum absolute atomic E-state index is 0.0681. The van der Waals surface area contributed by atoms with Crippen molar-refractivity contribution in [3.63, 3.8) is 0 Å². The van der Waals surface area contributed by atoms with Crippen molar-refractivity contribution in [2.75, 3.05) is 63.8 Å². The number of H-pyrrole nitrogens is 1. The van der Waals surface area contributed by atoms with Gasteiger partial charge in [0, 0.05) is 47.9 Å². The average Bonchev–Trinajstić information content (AvgIpc) is 3.46. The van der Waals surface area contributed by atoms with E-state index in [0.717, 1.165) is 46.1 Å². The van der Waals surface area contributed by atoms with Crippen LogP contribution in [0.3, 0.4) is 0 Å². The van der Waals surface area contributed by atoms with Crippen molar-refractivity contribution in [2.24, 2.45) is 0 Å². The molecule has 0 atom stereocenters. The summed E-state index contributed by atoms with van der Waals surface area (Å²) in [6.07, 6.45) is 1.78. The molecule has 210 valence electrons. The number of morpholine rings is 1. The quantitative estimate of drug-likeness (QED) is 0.218. The molecule has 1 amide bonds. The Balaban J connectivity index is 1.31. The van der Waals surface area contributed by atoms with Gasteiger partial charge in [-0.1, -0.05) is 12.1 Å². The molecule has 0 spiro atoms. The van der Waals surface area contributed by atoms with E-state index in [1.807, 2.05) is 60.7 Å². The molecule has 0 bridgehead atoms. The van der Waals surface area contributed by atoms with E-state index in [9.17, 15) is 4.79 Å². The highest BCUT2D eigenvalue weighted by molar-refractivity contribution is 5.95. The smallest absolute Gasteiger partial charge is 0.238 e. The third-order valence-corrected chi connectivity index (χ3v) is 6.80.